The molecule has 1 unspecified atom stereocenters. The van der Waals surface area contributed by atoms with E-state index in [-0.39, 0.29) is 0 Å². The standard InChI is InChI=1S/C29H28ClN3O3S/c1-6-33-22-12-9-18(14-19(22)15-31-33)27-32-21-13-16(2)23(25(28(34)35)36-29(3,4)5)24(26(21)37-27)17-7-10-20(30)11-8-17/h7-15,25H,6H2,1-5H3,(H,34,35). The second-order valence-corrected chi connectivity index (χ2v) is 11.5. The maximum atomic E-state index is 12.5. The van der Waals surface area contributed by atoms with Crippen molar-refractivity contribution >= 4 is 50.0 Å². The van der Waals surface area contributed by atoms with E-state index in [0.717, 1.165) is 54.9 Å². The second-order valence-electron chi connectivity index (χ2n) is 10.0. The van der Waals surface area contributed by atoms with Gasteiger partial charge in [-0.2, -0.15) is 5.10 Å². The highest BCUT2D eigenvalue weighted by molar-refractivity contribution is 7.22. The van der Waals surface area contributed by atoms with Crippen molar-refractivity contribution in [2.24, 2.45) is 0 Å². The molecule has 0 spiro atoms. The molecule has 2 heterocycles. The van der Waals surface area contributed by atoms with Crippen molar-refractivity contribution in [2.75, 3.05) is 0 Å². The van der Waals surface area contributed by atoms with E-state index in [0.29, 0.717) is 10.6 Å². The molecule has 3 aromatic carbocycles. The molecule has 1 N–H and O–H groups in total. The lowest BCUT2D eigenvalue weighted by Crippen LogP contribution is -2.28. The summed E-state index contributed by atoms with van der Waals surface area (Å²) in [5.74, 6) is -1.03. The molecule has 0 amide bonds. The lowest BCUT2D eigenvalue weighted by Gasteiger charge is -2.28. The number of nitrogens with zero attached hydrogens (tertiary/aromatic N) is 3. The number of thiazole rings is 1. The van der Waals surface area contributed by atoms with Crippen LogP contribution in [0, 0.1) is 6.92 Å². The number of ether oxygens (including phenoxy) is 1. The number of halogens is 1. The molecule has 37 heavy (non-hydrogen) atoms. The number of aromatic nitrogens is 3. The Morgan fingerprint density at radius 1 is 1.14 bits per heavy atom. The van der Waals surface area contributed by atoms with E-state index in [9.17, 15) is 9.90 Å². The fourth-order valence-electron chi connectivity index (χ4n) is 4.63. The Morgan fingerprint density at radius 3 is 2.49 bits per heavy atom. The van der Waals surface area contributed by atoms with E-state index in [1.54, 1.807) is 11.3 Å². The van der Waals surface area contributed by atoms with Crippen LogP contribution in [-0.4, -0.2) is 31.4 Å². The number of aryl methyl sites for hydroxylation is 2. The third-order valence-corrected chi connectivity index (χ3v) is 7.60. The molecule has 5 rings (SSSR count). The number of aliphatic carboxylic acids is 1. The Balaban J connectivity index is 1.76. The minimum Gasteiger partial charge on any atom is -0.479 e. The van der Waals surface area contributed by atoms with Crippen molar-refractivity contribution in [3.05, 3.63) is 70.9 Å². The first-order chi connectivity index (χ1) is 17.6. The Labute approximate surface area is 224 Å². The summed E-state index contributed by atoms with van der Waals surface area (Å²) in [5, 5.41) is 17.2. The number of benzene rings is 3. The van der Waals surface area contributed by atoms with Crippen LogP contribution in [0.25, 0.3) is 42.8 Å². The fourth-order valence-corrected chi connectivity index (χ4v) is 5.88. The molecular formula is C29H28ClN3O3S. The van der Waals surface area contributed by atoms with Gasteiger partial charge in [0.15, 0.2) is 6.10 Å². The Kier molecular flexibility index (Phi) is 6.56. The first kappa shape index (κ1) is 25.4. The number of fused-ring (bicyclic) bond motifs is 2. The van der Waals surface area contributed by atoms with Crippen molar-refractivity contribution in [1.82, 2.24) is 14.8 Å². The molecule has 8 heteroatoms. The molecule has 6 nitrogen and oxygen atoms in total. The van der Waals surface area contributed by atoms with E-state index in [4.69, 9.17) is 21.3 Å². The van der Waals surface area contributed by atoms with Gasteiger partial charge in [-0.05, 0) is 82.1 Å². The molecule has 0 aliphatic heterocycles. The highest BCUT2D eigenvalue weighted by Crippen LogP contribution is 2.44. The van der Waals surface area contributed by atoms with Gasteiger partial charge in [0, 0.05) is 33.6 Å². The largest absolute Gasteiger partial charge is 0.479 e. The minimum absolute atomic E-state index is 0.612. The number of hydrogen-bond acceptors (Lipinski definition) is 5. The van der Waals surface area contributed by atoms with Crippen LogP contribution in [0.5, 0.6) is 0 Å². The summed E-state index contributed by atoms with van der Waals surface area (Å²) in [5.41, 5.74) is 5.35. The number of carboxylic acid groups (broad SMARTS) is 1. The molecule has 5 aromatic rings. The lowest BCUT2D eigenvalue weighted by atomic mass is 9.91. The minimum atomic E-state index is -1.14. The molecular weight excluding hydrogens is 506 g/mol. The molecule has 0 aliphatic rings. The number of hydrogen-bond donors (Lipinski definition) is 1. The topological polar surface area (TPSA) is 77.2 Å². The number of carboxylic acids is 1. The normalized spacial score (nSPS) is 12.9. The highest BCUT2D eigenvalue weighted by Gasteiger charge is 2.32. The Morgan fingerprint density at radius 2 is 1.84 bits per heavy atom. The maximum absolute atomic E-state index is 12.5. The van der Waals surface area contributed by atoms with Gasteiger partial charge in [0.25, 0.3) is 0 Å². The van der Waals surface area contributed by atoms with Crippen molar-refractivity contribution < 1.29 is 14.6 Å². The van der Waals surface area contributed by atoms with Gasteiger partial charge in [-0.25, -0.2) is 9.78 Å². The summed E-state index contributed by atoms with van der Waals surface area (Å²) in [4.78, 5) is 17.5. The molecule has 0 aliphatic carbocycles. The third-order valence-electron chi connectivity index (χ3n) is 6.21. The molecule has 0 saturated carbocycles. The van der Waals surface area contributed by atoms with Crippen LogP contribution in [0.15, 0.2) is 54.7 Å². The van der Waals surface area contributed by atoms with E-state index in [2.05, 4.69) is 30.2 Å². The summed E-state index contributed by atoms with van der Waals surface area (Å²) < 4.78 is 8.98. The van der Waals surface area contributed by atoms with Gasteiger partial charge < -0.3 is 9.84 Å². The van der Waals surface area contributed by atoms with Gasteiger partial charge >= 0.3 is 5.97 Å². The van der Waals surface area contributed by atoms with Gasteiger partial charge in [0.05, 0.1) is 27.5 Å². The quantitative estimate of drug-likeness (QED) is 0.240. The van der Waals surface area contributed by atoms with Gasteiger partial charge in [-0.1, -0.05) is 23.7 Å². The van der Waals surface area contributed by atoms with Crippen molar-refractivity contribution in [2.45, 2.75) is 52.9 Å². The SMILES string of the molecule is CCn1ncc2cc(-c3nc4cc(C)c(C(OC(C)(C)C)C(=O)O)c(-c5ccc(Cl)cc5)c4s3)ccc21. The first-order valence-corrected chi connectivity index (χ1v) is 13.3. The zero-order chi connectivity index (χ0) is 26.5. The fraction of sp³-hybridized carbons (Fsp3) is 0.276. The van der Waals surface area contributed by atoms with E-state index in [1.807, 2.05) is 68.9 Å². The summed E-state index contributed by atoms with van der Waals surface area (Å²) in [6, 6.07) is 15.7. The van der Waals surface area contributed by atoms with Gasteiger partial charge in [-0.3, -0.25) is 4.68 Å². The first-order valence-electron chi connectivity index (χ1n) is 12.1. The summed E-state index contributed by atoms with van der Waals surface area (Å²) >= 11 is 7.74. The zero-order valence-electron chi connectivity index (χ0n) is 21.4. The maximum Gasteiger partial charge on any atom is 0.337 e. The average Bonchev–Trinajstić information content (AvgIpc) is 3.45. The Bertz CT molecular complexity index is 1630. The highest BCUT2D eigenvalue weighted by atomic mass is 35.5. The van der Waals surface area contributed by atoms with Gasteiger partial charge in [0.1, 0.15) is 5.01 Å². The molecule has 0 radical (unpaired) electrons. The predicted octanol–water partition coefficient (Wildman–Crippen LogP) is 7.90. The summed E-state index contributed by atoms with van der Waals surface area (Å²) in [7, 11) is 0. The van der Waals surface area contributed by atoms with E-state index >= 15 is 0 Å². The van der Waals surface area contributed by atoms with Crippen LogP contribution in [0.3, 0.4) is 0 Å². The van der Waals surface area contributed by atoms with Crippen molar-refractivity contribution in [3.63, 3.8) is 0 Å². The molecule has 2 aromatic heterocycles. The molecule has 0 fully saturated rings. The molecule has 0 bridgehead atoms. The van der Waals surface area contributed by atoms with E-state index < -0.39 is 17.7 Å². The van der Waals surface area contributed by atoms with Crippen LogP contribution >= 0.6 is 22.9 Å². The van der Waals surface area contributed by atoms with Crippen LogP contribution in [-0.2, 0) is 16.1 Å². The third kappa shape index (κ3) is 4.87. The number of rotatable bonds is 6. The van der Waals surface area contributed by atoms with Crippen molar-refractivity contribution in [1.29, 1.82) is 0 Å². The average molecular weight is 534 g/mol. The van der Waals surface area contributed by atoms with Crippen LogP contribution in [0.1, 0.15) is 44.9 Å². The Hall–Kier alpha value is -3.26. The molecule has 0 saturated heterocycles. The van der Waals surface area contributed by atoms with Crippen LogP contribution in [0.2, 0.25) is 5.02 Å². The summed E-state index contributed by atoms with van der Waals surface area (Å²) in [6.45, 7) is 10.4. The van der Waals surface area contributed by atoms with Gasteiger partial charge in [-0.15, -0.1) is 11.3 Å². The smallest absolute Gasteiger partial charge is 0.337 e. The van der Waals surface area contributed by atoms with Crippen molar-refractivity contribution in [3.8, 4) is 21.7 Å². The van der Waals surface area contributed by atoms with E-state index in [1.165, 1.54) is 0 Å². The van der Waals surface area contributed by atoms with Gasteiger partial charge in [0.2, 0.25) is 0 Å². The van der Waals surface area contributed by atoms with Crippen LogP contribution in [0.4, 0.5) is 0 Å². The summed E-state index contributed by atoms with van der Waals surface area (Å²) in [6.07, 6.45) is 0.732. The monoisotopic (exact) mass is 533 g/mol. The molecule has 190 valence electrons. The second kappa shape index (κ2) is 9.56. The lowest BCUT2D eigenvalue weighted by molar-refractivity contribution is -0.160. The molecule has 1 atom stereocenters. The van der Waals surface area contributed by atoms with Crippen LogP contribution < -0.4 is 0 Å². The number of carbonyl (C=O) groups is 1. The predicted molar refractivity (Wildman–Crippen MR) is 150 cm³/mol. The zero-order valence-corrected chi connectivity index (χ0v) is 22.9.